The lowest BCUT2D eigenvalue weighted by Gasteiger charge is -2.12. The molecule has 2 aromatic heterocycles. The first-order chi connectivity index (χ1) is 12.2. The van der Waals surface area contributed by atoms with Crippen LogP contribution in [-0.2, 0) is 25.8 Å². The number of guanidine groups is 1. The maximum Gasteiger partial charge on any atom is 0.191 e. The lowest BCUT2D eigenvalue weighted by Crippen LogP contribution is -2.39. The van der Waals surface area contributed by atoms with E-state index in [1.807, 2.05) is 0 Å². The van der Waals surface area contributed by atoms with Crippen LogP contribution in [0.15, 0.2) is 11.3 Å². The topological polar surface area (TPSA) is 80.0 Å². The molecule has 0 saturated carbocycles. The molecule has 0 aromatic carbocycles. The highest BCUT2D eigenvalue weighted by Crippen LogP contribution is 2.18. The molecule has 0 bridgehead atoms. The van der Waals surface area contributed by atoms with Crippen molar-refractivity contribution in [3.63, 3.8) is 0 Å². The van der Waals surface area contributed by atoms with Crippen molar-refractivity contribution in [3.05, 3.63) is 27.7 Å². The summed E-state index contributed by atoms with van der Waals surface area (Å²) in [4.78, 5) is 10.7. The highest BCUT2D eigenvalue weighted by atomic mass is 127. The van der Waals surface area contributed by atoms with E-state index in [1.165, 1.54) is 15.6 Å². The third kappa shape index (κ3) is 6.82. The molecule has 2 rings (SSSR count). The second kappa shape index (κ2) is 12.2. The average Bonchev–Trinajstić information content (AvgIpc) is 3.20. The van der Waals surface area contributed by atoms with Gasteiger partial charge in [-0.1, -0.05) is 13.8 Å². The molecule has 7 nitrogen and oxygen atoms in total. The van der Waals surface area contributed by atoms with Crippen LogP contribution in [0.1, 0.15) is 42.2 Å². The van der Waals surface area contributed by atoms with Gasteiger partial charge in [0.2, 0.25) is 0 Å². The third-order valence-corrected chi connectivity index (χ3v) is 4.94. The number of hydrogen-bond donors (Lipinski definition) is 2. The second-order valence-electron chi connectivity index (χ2n) is 5.70. The van der Waals surface area contributed by atoms with Gasteiger partial charge < -0.3 is 15.2 Å². The Labute approximate surface area is 177 Å². The number of rotatable bonds is 9. The van der Waals surface area contributed by atoms with E-state index in [-0.39, 0.29) is 24.0 Å². The Hall–Kier alpha value is -1.23. The minimum atomic E-state index is 0. The van der Waals surface area contributed by atoms with Gasteiger partial charge in [-0.25, -0.2) is 4.98 Å². The molecule has 146 valence electrons. The molecule has 26 heavy (non-hydrogen) atoms. The van der Waals surface area contributed by atoms with E-state index < -0.39 is 0 Å². The molecule has 2 aromatic rings. The van der Waals surface area contributed by atoms with E-state index in [0.717, 1.165) is 57.2 Å². The molecule has 0 atom stereocenters. The van der Waals surface area contributed by atoms with Crippen molar-refractivity contribution in [2.75, 3.05) is 19.6 Å². The van der Waals surface area contributed by atoms with Gasteiger partial charge in [0.05, 0.1) is 10.7 Å². The van der Waals surface area contributed by atoms with Crippen molar-refractivity contribution in [3.8, 4) is 0 Å². The summed E-state index contributed by atoms with van der Waals surface area (Å²) < 4.78 is 2.07. The van der Waals surface area contributed by atoms with Gasteiger partial charge in [-0.3, -0.25) is 4.99 Å². The minimum Gasteiger partial charge on any atom is -0.357 e. The van der Waals surface area contributed by atoms with Crippen LogP contribution in [0, 0.1) is 6.92 Å². The van der Waals surface area contributed by atoms with Crippen LogP contribution in [0.2, 0.25) is 0 Å². The van der Waals surface area contributed by atoms with Crippen LogP contribution < -0.4 is 10.6 Å². The van der Waals surface area contributed by atoms with Gasteiger partial charge >= 0.3 is 0 Å². The predicted molar refractivity (Wildman–Crippen MR) is 119 cm³/mol. The van der Waals surface area contributed by atoms with Gasteiger partial charge in [-0.15, -0.1) is 45.5 Å². The van der Waals surface area contributed by atoms with Crippen molar-refractivity contribution in [2.45, 2.75) is 53.5 Å². The molecular formula is C17H30IN7S. The van der Waals surface area contributed by atoms with Gasteiger partial charge in [0.1, 0.15) is 12.2 Å². The molecule has 0 aliphatic rings. The molecule has 9 heteroatoms. The number of nitrogens with one attached hydrogen (secondary N) is 2. The third-order valence-electron chi connectivity index (χ3n) is 3.87. The molecule has 0 fully saturated rings. The van der Waals surface area contributed by atoms with Crippen molar-refractivity contribution in [1.82, 2.24) is 30.4 Å². The fourth-order valence-electron chi connectivity index (χ4n) is 2.56. The van der Waals surface area contributed by atoms with Gasteiger partial charge in [0.15, 0.2) is 5.96 Å². The number of aliphatic imine (C=N–C) groups is 1. The van der Waals surface area contributed by atoms with Crippen molar-refractivity contribution in [2.24, 2.45) is 4.99 Å². The Balaban J connectivity index is 0.00000338. The standard InChI is InChI=1S/C17H29N7S.HI/c1-5-14-13(4)25-16(22-14)8-9-19-17(18-7-3)20-10-11-24-12-21-23-15(24)6-2;/h12H,5-11H2,1-4H3,(H2,18,19,20);1H. The summed E-state index contributed by atoms with van der Waals surface area (Å²) in [5.41, 5.74) is 1.22. The molecule has 0 aliphatic heterocycles. The van der Waals surface area contributed by atoms with E-state index in [9.17, 15) is 0 Å². The lowest BCUT2D eigenvalue weighted by molar-refractivity contribution is 0.632. The Kier molecular flexibility index (Phi) is 10.7. The SMILES string of the molecule is CCNC(=NCCc1nc(CC)c(C)s1)NCCn1cnnc1CC.I. The van der Waals surface area contributed by atoms with E-state index in [0.29, 0.717) is 0 Å². The number of aryl methyl sites for hydroxylation is 3. The normalized spacial score (nSPS) is 11.3. The molecule has 0 radical (unpaired) electrons. The average molecular weight is 491 g/mol. The zero-order valence-corrected chi connectivity index (χ0v) is 19.2. The molecule has 0 amide bonds. The molecular weight excluding hydrogens is 461 g/mol. The van der Waals surface area contributed by atoms with Crippen LogP contribution in [0.25, 0.3) is 0 Å². The van der Waals surface area contributed by atoms with E-state index >= 15 is 0 Å². The van der Waals surface area contributed by atoms with E-state index in [1.54, 1.807) is 17.7 Å². The van der Waals surface area contributed by atoms with Gasteiger partial charge in [0, 0.05) is 43.9 Å². The first kappa shape index (κ1) is 22.8. The maximum atomic E-state index is 4.68. The van der Waals surface area contributed by atoms with Crippen LogP contribution in [-0.4, -0.2) is 45.3 Å². The summed E-state index contributed by atoms with van der Waals surface area (Å²) in [6.07, 6.45) is 4.55. The summed E-state index contributed by atoms with van der Waals surface area (Å²) in [6.45, 7) is 11.6. The molecule has 2 heterocycles. The molecule has 0 aliphatic carbocycles. The van der Waals surface area contributed by atoms with Gasteiger partial charge in [-0.2, -0.15) is 0 Å². The van der Waals surface area contributed by atoms with E-state index in [4.69, 9.17) is 0 Å². The first-order valence-corrected chi connectivity index (χ1v) is 9.83. The smallest absolute Gasteiger partial charge is 0.191 e. The van der Waals surface area contributed by atoms with Crippen LogP contribution in [0.5, 0.6) is 0 Å². The van der Waals surface area contributed by atoms with Crippen molar-refractivity contribution in [1.29, 1.82) is 0 Å². The lowest BCUT2D eigenvalue weighted by atomic mass is 10.3. The Morgan fingerprint density at radius 3 is 2.69 bits per heavy atom. The van der Waals surface area contributed by atoms with Crippen molar-refractivity contribution >= 4 is 41.3 Å². The Morgan fingerprint density at radius 2 is 2.04 bits per heavy atom. The minimum absolute atomic E-state index is 0. The molecule has 0 unspecified atom stereocenters. The largest absolute Gasteiger partial charge is 0.357 e. The first-order valence-electron chi connectivity index (χ1n) is 9.01. The highest BCUT2D eigenvalue weighted by molar-refractivity contribution is 14.0. The second-order valence-corrected chi connectivity index (χ2v) is 6.98. The van der Waals surface area contributed by atoms with Crippen LogP contribution >= 0.6 is 35.3 Å². The van der Waals surface area contributed by atoms with Crippen LogP contribution in [0.4, 0.5) is 0 Å². The Bertz CT molecular complexity index is 680. The summed E-state index contributed by atoms with van der Waals surface area (Å²) >= 11 is 1.79. The summed E-state index contributed by atoms with van der Waals surface area (Å²) in [5.74, 6) is 1.85. The number of halogens is 1. The zero-order chi connectivity index (χ0) is 18.1. The fourth-order valence-corrected chi connectivity index (χ4v) is 3.57. The van der Waals surface area contributed by atoms with Crippen LogP contribution in [0.3, 0.4) is 0 Å². The summed E-state index contributed by atoms with van der Waals surface area (Å²) in [7, 11) is 0. The summed E-state index contributed by atoms with van der Waals surface area (Å²) in [5, 5.41) is 15.9. The fraction of sp³-hybridized carbons (Fsp3) is 0.647. The van der Waals surface area contributed by atoms with E-state index in [2.05, 4.69) is 63.1 Å². The molecule has 0 spiro atoms. The monoisotopic (exact) mass is 491 g/mol. The number of thiazole rings is 1. The highest BCUT2D eigenvalue weighted by Gasteiger charge is 2.06. The predicted octanol–water partition coefficient (Wildman–Crippen LogP) is 2.58. The number of nitrogens with zero attached hydrogens (tertiary/aromatic N) is 5. The zero-order valence-electron chi connectivity index (χ0n) is 16.1. The maximum absolute atomic E-state index is 4.68. The Morgan fingerprint density at radius 1 is 1.23 bits per heavy atom. The molecule has 0 saturated heterocycles. The van der Waals surface area contributed by atoms with Gasteiger partial charge in [-0.05, 0) is 20.3 Å². The summed E-state index contributed by atoms with van der Waals surface area (Å²) in [6, 6.07) is 0. The van der Waals surface area contributed by atoms with Gasteiger partial charge in [0.25, 0.3) is 0 Å². The number of aromatic nitrogens is 4. The molecule has 2 N–H and O–H groups in total. The quantitative estimate of drug-likeness (QED) is 0.320. The number of hydrogen-bond acceptors (Lipinski definition) is 5. The van der Waals surface area contributed by atoms with Crippen molar-refractivity contribution < 1.29 is 0 Å².